The van der Waals surface area contributed by atoms with Gasteiger partial charge in [-0.1, -0.05) is 0 Å². The Labute approximate surface area is 98.2 Å². The van der Waals surface area contributed by atoms with Crippen molar-refractivity contribution in [1.82, 2.24) is 8.61 Å². The molecular formula is C10H22N2O3S. The van der Waals surface area contributed by atoms with Gasteiger partial charge in [0.15, 0.2) is 0 Å². The van der Waals surface area contributed by atoms with Gasteiger partial charge in [-0.2, -0.15) is 17.0 Å². The maximum Gasteiger partial charge on any atom is 0.281 e. The number of hydrogen-bond donors (Lipinski definition) is 1. The van der Waals surface area contributed by atoms with Gasteiger partial charge in [0.1, 0.15) is 0 Å². The Balaban J connectivity index is 2.60. The molecule has 0 aromatic carbocycles. The van der Waals surface area contributed by atoms with E-state index in [1.807, 2.05) is 0 Å². The molecule has 0 aromatic heterocycles. The van der Waals surface area contributed by atoms with Crippen LogP contribution in [0, 0.1) is 5.92 Å². The monoisotopic (exact) mass is 250 g/mol. The van der Waals surface area contributed by atoms with Crippen molar-refractivity contribution in [3.05, 3.63) is 0 Å². The molecule has 5 nitrogen and oxygen atoms in total. The van der Waals surface area contributed by atoms with Gasteiger partial charge < -0.3 is 5.11 Å². The third-order valence-electron chi connectivity index (χ3n) is 3.41. The van der Waals surface area contributed by atoms with E-state index in [0.717, 1.165) is 25.7 Å². The summed E-state index contributed by atoms with van der Waals surface area (Å²) in [5.74, 6) is 0.353. The van der Waals surface area contributed by atoms with Crippen molar-refractivity contribution < 1.29 is 13.5 Å². The highest BCUT2D eigenvalue weighted by atomic mass is 32.2. The normalized spacial score (nSPS) is 27.6. The van der Waals surface area contributed by atoms with Gasteiger partial charge in [-0.05, 0) is 31.6 Å². The SMILES string of the molecule is CN(C)S(=O)(=O)N(C)C1CCC(CO)CC1. The highest BCUT2D eigenvalue weighted by molar-refractivity contribution is 7.86. The first-order chi connectivity index (χ1) is 7.39. The first-order valence-electron chi connectivity index (χ1n) is 5.66. The molecule has 6 heteroatoms. The molecule has 0 atom stereocenters. The smallest absolute Gasteiger partial charge is 0.281 e. The van der Waals surface area contributed by atoms with Gasteiger partial charge in [0.2, 0.25) is 0 Å². The van der Waals surface area contributed by atoms with Crippen LogP contribution in [0.4, 0.5) is 0 Å². The average molecular weight is 250 g/mol. The van der Waals surface area contributed by atoms with E-state index in [0.29, 0.717) is 5.92 Å². The minimum atomic E-state index is -3.30. The Hall–Kier alpha value is -0.170. The molecule has 0 saturated heterocycles. The molecule has 1 rings (SSSR count). The fourth-order valence-corrected chi connectivity index (χ4v) is 3.24. The molecule has 0 bridgehead atoms. The van der Waals surface area contributed by atoms with E-state index in [9.17, 15) is 8.42 Å². The first kappa shape index (κ1) is 13.9. The second kappa shape index (κ2) is 5.44. The number of nitrogens with zero attached hydrogens (tertiary/aromatic N) is 2. The molecule has 0 aromatic rings. The fraction of sp³-hybridized carbons (Fsp3) is 1.00. The molecule has 0 aliphatic heterocycles. The molecular weight excluding hydrogens is 228 g/mol. The lowest BCUT2D eigenvalue weighted by atomic mass is 9.87. The summed E-state index contributed by atoms with van der Waals surface area (Å²) in [6.07, 6.45) is 3.51. The van der Waals surface area contributed by atoms with Gasteiger partial charge in [-0.15, -0.1) is 0 Å². The first-order valence-corrected chi connectivity index (χ1v) is 7.05. The van der Waals surface area contributed by atoms with Gasteiger partial charge in [0, 0.05) is 33.8 Å². The predicted molar refractivity (Wildman–Crippen MR) is 63.2 cm³/mol. The minimum Gasteiger partial charge on any atom is -0.396 e. The van der Waals surface area contributed by atoms with Crippen LogP contribution in [0.25, 0.3) is 0 Å². The van der Waals surface area contributed by atoms with Gasteiger partial charge in [0.05, 0.1) is 0 Å². The number of rotatable bonds is 4. The second-order valence-corrected chi connectivity index (χ2v) is 6.87. The Morgan fingerprint density at radius 3 is 2.00 bits per heavy atom. The summed E-state index contributed by atoms with van der Waals surface area (Å²) in [5, 5.41) is 9.02. The second-order valence-electron chi connectivity index (χ2n) is 4.66. The Kier molecular flexibility index (Phi) is 4.73. The van der Waals surface area contributed by atoms with Crippen molar-refractivity contribution in [2.45, 2.75) is 31.7 Å². The summed E-state index contributed by atoms with van der Waals surface area (Å²) in [4.78, 5) is 0. The molecule has 1 saturated carbocycles. The summed E-state index contributed by atoms with van der Waals surface area (Å²) in [6, 6.07) is 0.0789. The molecule has 16 heavy (non-hydrogen) atoms. The Morgan fingerprint density at radius 2 is 1.62 bits per heavy atom. The Morgan fingerprint density at radius 1 is 1.12 bits per heavy atom. The lowest BCUT2D eigenvalue weighted by Gasteiger charge is -2.34. The summed E-state index contributed by atoms with van der Waals surface area (Å²) in [6.45, 7) is 0.219. The van der Waals surface area contributed by atoms with Gasteiger partial charge >= 0.3 is 0 Å². The van der Waals surface area contributed by atoms with Gasteiger partial charge in [0.25, 0.3) is 10.2 Å². The molecule has 0 radical (unpaired) electrons. The lowest BCUT2D eigenvalue weighted by molar-refractivity contribution is 0.157. The van der Waals surface area contributed by atoms with E-state index in [1.165, 1.54) is 8.61 Å². The molecule has 0 spiro atoms. The molecule has 1 fully saturated rings. The van der Waals surface area contributed by atoms with Crippen molar-refractivity contribution >= 4 is 10.2 Å². The van der Waals surface area contributed by atoms with Crippen LogP contribution >= 0.6 is 0 Å². The number of aliphatic hydroxyl groups is 1. The van der Waals surface area contributed by atoms with Crippen LogP contribution < -0.4 is 0 Å². The van der Waals surface area contributed by atoms with E-state index in [2.05, 4.69) is 0 Å². The van der Waals surface area contributed by atoms with Crippen molar-refractivity contribution in [2.75, 3.05) is 27.7 Å². The van der Waals surface area contributed by atoms with Crippen molar-refractivity contribution in [2.24, 2.45) is 5.92 Å². The van der Waals surface area contributed by atoms with E-state index >= 15 is 0 Å². The fourth-order valence-electron chi connectivity index (χ4n) is 2.14. The molecule has 0 heterocycles. The highest BCUT2D eigenvalue weighted by Gasteiger charge is 2.31. The zero-order valence-electron chi connectivity index (χ0n) is 10.3. The van der Waals surface area contributed by atoms with Crippen LogP contribution in [0.1, 0.15) is 25.7 Å². The zero-order chi connectivity index (χ0) is 12.3. The molecule has 0 unspecified atom stereocenters. The van der Waals surface area contributed by atoms with Gasteiger partial charge in [-0.25, -0.2) is 0 Å². The quantitative estimate of drug-likeness (QED) is 0.779. The maximum absolute atomic E-state index is 11.9. The third-order valence-corrected chi connectivity index (χ3v) is 5.36. The highest BCUT2D eigenvalue weighted by Crippen LogP contribution is 2.28. The standard InChI is InChI=1S/C10H22N2O3S/c1-11(2)16(14,15)12(3)10-6-4-9(8-13)5-7-10/h9-10,13H,4-8H2,1-3H3. The number of aliphatic hydroxyl groups excluding tert-OH is 1. The van der Waals surface area contributed by atoms with Crippen LogP contribution in [-0.2, 0) is 10.2 Å². The predicted octanol–water partition coefficient (Wildman–Crippen LogP) is 0.276. The Bertz CT molecular complexity index is 308. The summed E-state index contributed by atoms with van der Waals surface area (Å²) in [5.41, 5.74) is 0. The van der Waals surface area contributed by atoms with E-state index < -0.39 is 10.2 Å². The van der Waals surface area contributed by atoms with Crippen LogP contribution in [0.2, 0.25) is 0 Å². The van der Waals surface area contributed by atoms with E-state index in [4.69, 9.17) is 5.11 Å². The molecule has 96 valence electrons. The van der Waals surface area contributed by atoms with Crippen LogP contribution in [0.15, 0.2) is 0 Å². The van der Waals surface area contributed by atoms with Crippen molar-refractivity contribution in [3.8, 4) is 0 Å². The average Bonchev–Trinajstić information content (AvgIpc) is 2.28. The summed E-state index contributed by atoms with van der Waals surface area (Å²) >= 11 is 0. The van der Waals surface area contributed by atoms with Crippen molar-refractivity contribution in [1.29, 1.82) is 0 Å². The van der Waals surface area contributed by atoms with Crippen LogP contribution in [0.3, 0.4) is 0 Å². The number of hydrogen-bond acceptors (Lipinski definition) is 3. The molecule has 1 aliphatic rings. The molecule has 1 aliphatic carbocycles. The topological polar surface area (TPSA) is 60.9 Å². The minimum absolute atomic E-state index is 0.0789. The molecule has 1 N–H and O–H groups in total. The van der Waals surface area contributed by atoms with Crippen molar-refractivity contribution in [3.63, 3.8) is 0 Å². The molecule has 0 amide bonds. The van der Waals surface area contributed by atoms with E-state index in [-0.39, 0.29) is 12.6 Å². The van der Waals surface area contributed by atoms with Crippen LogP contribution in [-0.4, -0.2) is 55.9 Å². The zero-order valence-corrected chi connectivity index (χ0v) is 11.1. The van der Waals surface area contributed by atoms with Gasteiger partial charge in [-0.3, -0.25) is 0 Å². The lowest BCUT2D eigenvalue weighted by Crippen LogP contribution is -2.45. The largest absolute Gasteiger partial charge is 0.396 e. The summed E-state index contributed by atoms with van der Waals surface area (Å²) in [7, 11) is 1.44. The maximum atomic E-state index is 11.9. The summed E-state index contributed by atoms with van der Waals surface area (Å²) < 4.78 is 26.5. The van der Waals surface area contributed by atoms with Crippen LogP contribution in [0.5, 0.6) is 0 Å². The van der Waals surface area contributed by atoms with E-state index in [1.54, 1.807) is 21.1 Å². The third kappa shape index (κ3) is 2.94.